The summed E-state index contributed by atoms with van der Waals surface area (Å²) in [6, 6.07) is 4.02. The zero-order valence-corrected chi connectivity index (χ0v) is 13.8. The van der Waals surface area contributed by atoms with Crippen molar-refractivity contribution in [1.82, 2.24) is 25.9 Å². The number of tetrazole rings is 1. The molecule has 0 unspecified atom stereocenters. The third-order valence-electron chi connectivity index (χ3n) is 4.02. The lowest BCUT2D eigenvalue weighted by Gasteiger charge is -2.21. The molecule has 7 nitrogen and oxygen atoms in total. The average molecular weight is 313 g/mol. The Balaban J connectivity index is 2.01. The summed E-state index contributed by atoms with van der Waals surface area (Å²) in [4.78, 5) is 12.7. The minimum Gasteiger partial charge on any atom is -0.450 e. The third kappa shape index (κ3) is 2.48. The minimum atomic E-state index is -0.764. The molecule has 3 rings (SSSR count). The number of fused-ring (bicyclic) bond motifs is 1. The van der Waals surface area contributed by atoms with E-state index in [-0.39, 0.29) is 5.91 Å². The van der Waals surface area contributed by atoms with E-state index in [1.165, 1.54) is 0 Å². The first kappa shape index (κ1) is 15.2. The Morgan fingerprint density at radius 3 is 2.52 bits per heavy atom. The molecule has 1 aromatic carbocycles. The van der Waals surface area contributed by atoms with Crippen molar-refractivity contribution in [1.29, 1.82) is 0 Å². The van der Waals surface area contributed by atoms with Crippen LogP contribution in [0.5, 0.6) is 0 Å². The van der Waals surface area contributed by atoms with Gasteiger partial charge < -0.3 is 9.73 Å². The van der Waals surface area contributed by atoms with Gasteiger partial charge in [0.15, 0.2) is 11.6 Å². The topological polar surface area (TPSA) is 96.7 Å². The molecule has 0 aliphatic rings. The van der Waals surface area contributed by atoms with E-state index in [1.54, 1.807) is 0 Å². The lowest BCUT2D eigenvalue weighted by molar-refractivity contribution is 0.0881. The van der Waals surface area contributed by atoms with E-state index < -0.39 is 5.54 Å². The summed E-state index contributed by atoms with van der Waals surface area (Å²) in [6.45, 7) is 9.49. The Bertz CT molecular complexity index is 878. The van der Waals surface area contributed by atoms with Crippen LogP contribution < -0.4 is 5.32 Å². The molecule has 2 N–H and O–H groups in total. The summed E-state index contributed by atoms with van der Waals surface area (Å²) in [5, 5.41) is 17.7. The van der Waals surface area contributed by atoms with Gasteiger partial charge in [-0.25, -0.2) is 0 Å². The standard InChI is InChI=1S/C16H19N5O2/c1-8-6-7-9(2)12-11(8)10(3)13(23-12)14(22)17-16(4,5)15-18-20-21-19-15/h6-7H,1-5H3,(H,17,22)(H,18,19,20,21). The number of aromatic nitrogens is 4. The summed E-state index contributed by atoms with van der Waals surface area (Å²) in [5.74, 6) is 0.424. The molecule has 2 heterocycles. The molecular weight excluding hydrogens is 294 g/mol. The smallest absolute Gasteiger partial charge is 0.288 e. The number of hydrogen-bond donors (Lipinski definition) is 2. The third-order valence-corrected chi connectivity index (χ3v) is 4.02. The number of nitrogens with zero attached hydrogens (tertiary/aromatic N) is 3. The first-order valence-corrected chi connectivity index (χ1v) is 7.37. The summed E-state index contributed by atoms with van der Waals surface area (Å²) >= 11 is 0. The summed E-state index contributed by atoms with van der Waals surface area (Å²) in [5.41, 5.74) is 2.92. The lowest BCUT2D eigenvalue weighted by atomic mass is 10.0. The Labute approximate surface area is 133 Å². The molecule has 0 radical (unpaired) electrons. The minimum absolute atomic E-state index is 0.299. The normalized spacial score (nSPS) is 11.9. The van der Waals surface area contributed by atoms with Crippen molar-refractivity contribution in [3.63, 3.8) is 0 Å². The quantitative estimate of drug-likeness (QED) is 0.774. The van der Waals surface area contributed by atoms with Gasteiger partial charge in [-0.2, -0.15) is 5.21 Å². The Morgan fingerprint density at radius 1 is 1.22 bits per heavy atom. The molecule has 0 aliphatic heterocycles. The van der Waals surface area contributed by atoms with Crippen molar-refractivity contribution in [2.45, 2.75) is 40.2 Å². The Kier molecular flexibility index (Phi) is 3.43. The van der Waals surface area contributed by atoms with Gasteiger partial charge in [0.25, 0.3) is 5.91 Å². The van der Waals surface area contributed by atoms with Crippen LogP contribution in [0.2, 0.25) is 0 Å². The number of benzene rings is 1. The van der Waals surface area contributed by atoms with Crippen molar-refractivity contribution >= 4 is 16.9 Å². The van der Waals surface area contributed by atoms with E-state index in [0.717, 1.165) is 27.7 Å². The van der Waals surface area contributed by atoms with Crippen molar-refractivity contribution in [2.75, 3.05) is 0 Å². The van der Waals surface area contributed by atoms with Crippen LogP contribution in [0.15, 0.2) is 16.5 Å². The molecular formula is C16H19N5O2. The highest BCUT2D eigenvalue weighted by atomic mass is 16.3. The molecule has 1 amide bonds. The van der Waals surface area contributed by atoms with Crippen LogP contribution in [-0.4, -0.2) is 26.5 Å². The SMILES string of the molecule is Cc1ccc(C)c2c(C)c(C(=O)NC(C)(C)c3nn[nH]n3)oc12. The fourth-order valence-electron chi connectivity index (χ4n) is 2.71. The summed E-state index contributed by atoms with van der Waals surface area (Å²) in [7, 11) is 0. The van der Waals surface area contributed by atoms with Crippen molar-refractivity contribution < 1.29 is 9.21 Å². The highest BCUT2D eigenvalue weighted by Gasteiger charge is 2.30. The monoisotopic (exact) mass is 313 g/mol. The fraction of sp³-hybridized carbons (Fsp3) is 0.375. The Hall–Kier alpha value is -2.70. The number of rotatable bonds is 3. The number of aromatic amines is 1. The van der Waals surface area contributed by atoms with Gasteiger partial charge in [0.1, 0.15) is 5.58 Å². The maximum absolute atomic E-state index is 12.7. The first-order valence-electron chi connectivity index (χ1n) is 7.37. The highest BCUT2D eigenvalue weighted by Crippen LogP contribution is 2.31. The fourth-order valence-corrected chi connectivity index (χ4v) is 2.71. The van der Waals surface area contributed by atoms with Crippen LogP contribution in [0.25, 0.3) is 11.0 Å². The number of aryl methyl sites for hydroxylation is 3. The molecule has 0 spiro atoms. The van der Waals surface area contributed by atoms with Crippen LogP contribution in [0.4, 0.5) is 0 Å². The highest BCUT2D eigenvalue weighted by molar-refractivity contribution is 6.00. The molecule has 7 heteroatoms. The number of amides is 1. The van der Waals surface area contributed by atoms with Crippen LogP contribution in [0, 0.1) is 20.8 Å². The molecule has 2 aromatic heterocycles. The van der Waals surface area contributed by atoms with Gasteiger partial charge in [-0.15, -0.1) is 10.2 Å². The van der Waals surface area contributed by atoms with Gasteiger partial charge in [0.05, 0.1) is 5.54 Å². The summed E-state index contributed by atoms with van der Waals surface area (Å²) in [6.07, 6.45) is 0. The van der Waals surface area contributed by atoms with Gasteiger partial charge in [-0.05, 0) is 45.7 Å². The molecule has 0 aliphatic carbocycles. The second-order valence-corrected chi connectivity index (χ2v) is 6.27. The predicted octanol–water partition coefficient (Wildman–Crippen LogP) is 2.54. The van der Waals surface area contributed by atoms with E-state index >= 15 is 0 Å². The van der Waals surface area contributed by atoms with E-state index in [4.69, 9.17) is 4.42 Å². The largest absolute Gasteiger partial charge is 0.450 e. The molecule has 0 atom stereocenters. The van der Waals surface area contributed by atoms with Crippen LogP contribution >= 0.6 is 0 Å². The van der Waals surface area contributed by atoms with Gasteiger partial charge >= 0.3 is 0 Å². The molecule has 0 saturated carbocycles. The second-order valence-electron chi connectivity index (χ2n) is 6.27. The van der Waals surface area contributed by atoms with Crippen LogP contribution in [0.1, 0.15) is 46.9 Å². The number of nitrogens with one attached hydrogen (secondary N) is 2. The second kappa shape index (κ2) is 5.19. The zero-order valence-electron chi connectivity index (χ0n) is 13.8. The van der Waals surface area contributed by atoms with Gasteiger partial charge in [0.2, 0.25) is 0 Å². The van der Waals surface area contributed by atoms with Crippen LogP contribution in [-0.2, 0) is 5.54 Å². The van der Waals surface area contributed by atoms with Crippen LogP contribution in [0.3, 0.4) is 0 Å². The van der Waals surface area contributed by atoms with E-state index in [9.17, 15) is 4.79 Å². The van der Waals surface area contributed by atoms with E-state index in [2.05, 4.69) is 25.9 Å². The van der Waals surface area contributed by atoms with Gasteiger partial charge in [0, 0.05) is 10.9 Å². The summed E-state index contributed by atoms with van der Waals surface area (Å²) < 4.78 is 5.86. The van der Waals surface area contributed by atoms with E-state index in [0.29, 0.717) is 11.6 Å². The van der Waals surface area contributed by atoms with Crippen molar-refractivity contribution in [3.05, 3.63) is 40.4 Å². The maximum Gasteiger partial charge on any atom is 0.288 e. The van der Waals surface area contributed by atoms with Gasteiger partial charge in [-0.3, -0.25) is 4.79 Å². The number of carbonyl (C=O) groups excluding carboxylic acids is 1. The lowest BCUT2D eigenvalue weighted by Crippen LogP contribution is -2.42. The van der Waals surface area contributed by atoms with Crippen molar-refractivity contribution in [2.24, 2.45) is 0 Å². The number of hydrogen-bond acceptors (Lipinski definition) is 5. The average Bonchev–Trinajstić information content (AvgIpc) is 3.11. The molecule has 0 fully saturated rings. The maximum atomic E-state index is 12.7. The molecule has 23 heavy (non-hydrogen) atoms. The van der Waals surface area contributed by atoms with Crippen molar-refractivity contribution in [3.8, 4) is 0 Å². The predicted molar refractivity (Wildman–Crippen MR) is 85.1 cm³/mol. The Morgan fingerprint density at radius 2 is 1.91 bits per heavy atom. The molecule has 120 valence electrons. The number of furan rings is 1. The first-order chi connectivity index (χ1) is 10.8. The van der Waals surface area contributed by atoms with E-state index in [1.807, 2.05) is 46.8 Å². The van der Waals surface area contributed by atoms with Gasteiger partial charge in [-0.1, -0.05) is 17.3 Å². The molecule has 3 aromatic rings. The zero-order chi connectivity index (χ0) is 16.8. The molecule has 0 bridgehead atoms. The number of H-pyrrole nitrogens is 1. The number of carbonyl (C=O) groups is 1. The molecule has 0 saturated heterocycles.